The summed E-state index contributed by atoms with van der Waals surface area (Å²) in [5, 5.41) is -0.734. The van der Waals surface area contributed by atoms with Crippen molar-refractivity contribution in [3.05, 3.63) is 35.4 Å². The van der Waals surface area contributed by atoms with E-state index in [1.165, 1.54) is 0 Å². The molecule has 0 unspecified atom stereocenters. The first-order valence-corrected chi connectivity index (χ1v) is 11.5. The van der Waals surface area contributed by atoms with Gasteiger partial charge in [-0.15, -0.1) is 0 Å². The van der Waals surface area contributed by atoms with Crippen LogP contribution in [0.1, 0.15) is 32.3 Å². The van der Waals surface area contributed by atoms with Crippen LogP contribution in [0.5, 0.6) is 0 Å². The SMILES string of the molecule is CC(C)CS(=O)(=O)[C@@H]1CCCN(S(=O)(=O)Cc2cc(F)cc(F)c2)C1. The van der Waals surface area contributed by atoms with Crippen LogP contribution in [0.2, 0.25) is 0 Å². The van der Waals surface area contributed by atoms with Crippen molar-refractivity contribution in [2.24, 2.45) is 5.92 Å². The minimum absolute atomic E-state index is 0.00432. The van der Waals surface area contributed by atoms with Crippen LogP contribution in [-0.4, -0.2) is 45.2 Å². The maximum absolute atomic E-state index is 13.3. The fourth-order valence-corrected chi connectivity index (χ4v) is 6.86. The highest BCUT2D eigenvalue weighted by Gasteiger charge is 2.35. The maximum atomic E-state index is 13.3. The molecule has 0 radical (unpaired) electrons. The molecule has 142 valence electrons. The summed E-state index contributed by atoms with van der Waals surface area (Å²) in [6.07, 6.45) is 0.869. The van der Waals surface area contributed by atoms with Gasteiger partial charge in [-0.2, -0.15) is 0 Å². The van der Waals surface area contributed by atoms with E-state index in [9.17, 15) is 25.6 Å². The Morgan fingerprint density at radius 3 is 2.28 bits per heavy atom. The largest absolute Gasteiger partial charge is 0.228 e. The van der Waals surface area contributed by atoms with Crippen LogP contribution in [-0.2, 0) is 25.6 Å². The fraction of sp³-hybridized carbons (Fsp3) is 0.625. The zero-order valence-electron chi connectivity index (χ0n) is 14.3. The second-order valence-corrected chi connectivity index (χ2v) is 11.2. The second-order valence-electron chi connectivity index (χ2n) is 6.88. The lowest BCUT2D eigenvalue weighted by molar-refractivity contribution is 0.345. The highest BCUT2D eigenvalue weighted by atomic mass is 32.2. The number of hydrogen-bond acceptors (Lipinski definition) is 4. The van der Waals surface area contributed by atoms with Crippen LogP contribution in [0, 0.1) is 17.6 Å². The predicted molar refractivity (Wildman–Crippen MR) is 92.2 cm³/mol. The molecule has 5 nitrogen and oxygen atoms in total. The molecule has 1 atom stereocenters. The Morgan fingerprint density at radius 1 is 1.12 bits per heavy atom. The summed E-state index contributed by atoms with van der Waals surface area (Å²) in [4.78, 5) is 0. The van der Waals surface area contributed by atoms with E-state index in [0.717, 1.165) is 16.4 Å². The van der Waals surface area contributed by atoms with Crippen molar-refractivity contribution in [2.45, 2.75) is 37.7 Å². The Bertz CT molecular complexity index is 802. The van der Waals surface area contributed by atoms with Crippen LogP contribution in [0.3, 0.4) is 0 Å². The Kier molecular flexibility index (Phi) is 6.22. The lowest BCUT2D eigenvalue weighted by atomic mass is 10.2. The standard InChI is InChI=1S/C16H23F2NO4S2/c1-12(2)10-24(20,21)16-4-3-5-19(9-16)25(22,23)11-13-6-14(17)8-15(18)7-13/h6-8,12,16H,3-5,9-11H2,1-2H3/t16-/m1/s1. The summed E-state index contributed by atoms with van der Waals surface area (Å²) in [7, 11) is -7.24. The number of piperidine rings is 1. The number of benzene rings is 1. The molecule has 0 N–H and O–H groups in total. The molecule has 9 heteroatoms. The van der Waals surface area contributed by atoms with Crippen LogP contribution >= 0.6 is 0 Å². The van der Waals surface area contributed by atoms with Crippen LogP contribution in [0.15, 0.2) is 18.2 Å². The van der Waals surface area contributed by atoms with Gasteiger partial charge in [-0.25, -0.2) is 29.9 Å². The lowest BCUT2D eigenvalue weighted by Gasteiger charge is -2.32. The third-order valence-electron chi connectivity index (χ3n) is 4.08. The van der Waals surface area contributed by atoms with E-state index in [1.54, 1.807) is 13.8 Å². The van der Waals surface area contributed by atoms with Gasteiger partial charge in [-0.3, -0.25) is 0 Å². The van der Waals surface area contributed by atoms with Gasteiger partial charge in [0.15, 0.2) is 9.84 Å². The number of halogens is 2. The Hall–Kier alpha value is -1.06. The van der Waals surface area contributed by atoms with Crippen LogP contribution in [0.25, 0.3) is 0 Å². The van der Waals surface area contributed by atoms with Crippen molar-refractivity contribution >= 4 is 19.9 Å². The molecule has 0 spiro atoms. The quantitative estimate of drug-likeness (QED) is 0.741. The first-order valence-electron chi connectivity index (χ1n) is 8.14. The summed E-state index contributed by atoms with van der Waals surface area (Å²) >= 11 is 0. The van der Waals surface area contributed by atoms with Gasteiger partial charge < -0.3 is 0 Å². The van der Waals surface area contributed by atoms with Crippen molar-refractivity contribution in [2.75, 3.05) is 18.8 Å². The third-order valence-corrected chi connectivity index (χ3v) is 8.43. The van der Waals surface area contributed by atoms with Gasteiger partial charge in [0.1, 0.15) is 11.6 Å². The van der Waals surface area contributed by atoms with Crippen LogP contribution < -0.4 is 0 Å². The van der Waals surface area contributed by atoms with E-state index in [2.05, 4.69) is 0 Å². The molecular formula is C16H23F2NO4S2. The van der Waals surface area contributed by atoms with E-state index in [-0.39, 0.29) is 30.3 Å². The Labute approximate surface area is 148 Å². The highest BCUT2D eigenvalue weighted by molar-refractivity contribution is 7.92. The minimum Gasteiger partial charge on any atom is -0.228 e. The van der Waals surface area contributed by atoms with Crippen molar-refractivity contribution in [3.8, 4) is 0 Å². The molecule has 1 heterocycles. The van der Waals surface area contributed by atoms with Crippen LogP contribution in [0.4, 0.5) is 8.78 Å². The second kappa shape index (κ2) is 7.67. The molecule has 0 aromatic heterocycles. The van der Waals surface area contributed by atoms with Crippen molar-refractivity contribution < 1.29 is 25.6 Å². The molecule has 0 amide bonds. The average molecular weight is 395 g/mol. The molecule has 2 rings (SSSR count). The van der Waals surface area contributed by atoms with Crippen molar-refractivity contribution in [3.63, 3.8) is 0 Å². The van der Waals surface area contributed by atoms with Gasteiger partial charge in [0, 0.05) is 19.2 Å². The monoisotopic (exact) mass is 395 g/mol. The molecule has 1 aliphatic rings. The van der Waals surface area contributed by atoms with Crippen molar-refractivity contribution in [1.29, 1.82) is 0 Å². The summed E-state index contributed by atoms with van der Waals surface area (Å²) in [5.41, 5.74) is 0.00432. The van der Waals surface area contributed by atoms with E-state index in [4.69, 9.17) is 0 Å². The first kappa shape index (κ1) is 20.3. The first-order chi connectivity index (χ1) is 11.5. The van der Waals surface area contributed by atoms with Gasteiger partial charge in [-0.1, -0.05) is 13.8 Å². The smallest absolute Gasteiger partial charge is 0.218 e. The third kappa shape index (κ3) is 5.46. The van der Waals surface area contributed by atoms with E-state index < -0.39 is 42.5 Å². The van der Waals surface area contributed by atoms with E-state index in [0.29, 0.717) is 18.9 Å². The van der Waals surface area contributed by atoms with Gasteiger partial charge in [-0.05, 0) is 36.5 Å². The normalized spacial score (nSPS) is 20.1. The summed E-state index contributed by atoms with van der Waals surface area (Å²) in [6.45, 7) is 3.71. The average Bonchev–Trinajstić information content (AvgIpc) is 2.44. The maximum Gasteiger partial charge on any atom is 0.218 e. The van der Waals surface area contributed by atoms with Gasteiger partial charge in [0.2, 0.25) is 10.0 Å². The highest BCUT2D eigenvalue weighted by Crippen LogP contribution is 2.23. The number of sulfonamides is 1. The van der Waals surface area contributed by atoms with Gasteiger partial charge in [0.25, 0.3) is 0 Å². The molecule has 1 fully saturated rings. The zero-order valence-corrected chi connectivity index (χ0v) is 15.9. The number of nitrogens with zero attached hydrogens (tertiary/aromatic N) is 1. The number of rotatable bonds is 6. The zero-order chi connectivity index (χ0) is 18.8. The molecule has 1 aromatic rings. The summed E-state index contributed by atoms with van der Waals surface area (Å²) in [5.74, 6) is -2.27. The van der Waals surface area contributed by atoms with Crippen molar-refractivity contribution in [1.82, 2.24) is 4.31 Å². The molecule has 1 saturated heterocycles. The molecular weight excluding hydrogens is 372 g/mol. The Balaban J connectivity index is 2.16. The molecule has 0 aliphatic carbocycles. The molecule has 0 saturated carbocycles. The molecule has 1 aromatic carbocycles. The summed E-state index contributed by atoms with van der Waals surface area (Å²) in [6, 6.07) is 2.61. The van der Waals surface area contributed by atoms with E-state index in [1.807, 2.05) is 0 Å². The fourth-order valence-electron chi connectivity index (χ4n) is 3.05. The predicted octanol–water partition coefficient (Wildman–Crippen LogP) is 2.33. The van der Waals surface area contributed by atoms with Gasteiger partial charge >= 0.3 is 0 Å². The molecule has 1 aliphatic heterocycles. The summed E-state index contributed by atoms with van der Waals surface area (Å²) < 4.78 is 77.5. The molecule has 25 heavy (non-hydrogen) atoms. The molecule has 0 bridgehead atoms. The lowest BCUT2D eigenvalue weighted by Crippen LogP contribution is -2.46. The van der Waals surface area contributed by atoms with E-state index >= 15 is 0 Å². The Morgan fingerprint density at radius 2 is 1.72 bits per heavy atom. The number of sulfone groups is 1. The number of hydrogen-bond donors (Lipinski definition) is 0. The van der Waals surface area contributed by atoms with Gasteiger partial charge in [0.05, 0.1) is 16.8 Å². The minimum atomic E-state index is -3.86. The topological polar surface area (TPSA) is 71.5 Å².